The lowest BCUT2D eigenvalue weighted by molar-refractivity contribution is 0.104. The number of rotatable bonds is 1. The molecule has 3 aromatic carbocycles. The standard InChI is InChI=1S/C24H17NO/c1-14-11-15(2)13-16(12-14)23-20-8-7-18-17-5-3-4-6-21(17)24(26)22(18)19(20)9-10-25-23/h3-13H,1-2H3. The lowest BCUT2D eigenvalue weighted by Crippen LogP contribution is -1.97. The molecule has 0 N–H and O–H groups in total. The van der Waals surface area contributed by atoms with Crippen molar-refractivity contribution in [3.63, 3.8) is 0 Å². The summed E-state index contributed by atoms with van der Waals surface area (Å²) in [5.41, 5.74) is 8.09. The minimum absolute atomic E-state index is 0.110. The van der Waals surface area contributed by atoms with E-state index in [9.17, 15) is 4.79 Å². The number of carbonyl (C=O) groups is 1. The molecule has 0 spiro atoms. The molecule has 0 unspecified atom stereocenters. The predicted molar refractivity (Wildman–Crippen MR) is 106 cm³/mol. The number of pyridine rings is 1. The molecule has 4 aromatic rings. The number of benzene rings is 3. The van der Waals surface area contributed by atoms with Crippen LogP contribution in [-0.4, -0.2) is 10.8 Å². The molecule has 2 heteroatoms. The van der Waals surface area contributed by atoms with E-state index in [1.54, 1.807) is 0 Å². The Morgan fingerprint density at radius 1 is 0.731 bits per heavy atom. The minimum Gasteiger partial charge on any atom is -0.289 e. The summed E-state index contributed by atoms with van der Waals surface area (Å²) in [6, 6.07) is 20.4. The van der Waals surface area contributed by atoms with Gasteiger partial charge in [-0.2, -0.15) is 0 Å². The van der Waals surface area contributed by atoms with Crippen LogP contribution in [-0.2, 0) is 0 Å². The minimum atomic E-state index is 0.110. The van der Waals surface area contributed by atoms with Crippen molar-refractivity contribution in [1.82, 2.24) is 4.98 Å². The molecule has 1 aliphatic rings. The average molecular weight is 335 g/mol. The van der Waals surface area contributed by atoms with E-state index in [1.807, 2.05) is 36.5 Å². The first kappa shape index (κ1) is 15.0. The number of aromatic nitrogens is 1. The van der Waals surface area contributed by atoms with Crippen molar-refractivity contribution in [1.29, 1.82) is 0 Å². The maximum absolute atomic E-state index is 13.0. The zero-order chi connectivity index (χ0) is 17.8. The first-order valence-electron chi connectivity index (χ1n) is 8.78. The normalized spacial score (nSPS) is 12.3. The molecule has 0 radical (unpaired) electrons. The van der Waals surface area contributed by atoms with Crippen LogP contribution in [0.15, 0.2) is 66.9 Å². The van der Waals surface area contributed by atoms with E-state index in [1.165, 1.54) is 11.1 Å². The van der Waals surface area contributed by atoms with Gasteiger partial charge in [0.15, 0.2) is 5.78 Å². The van der Waals surface area contributed by atoms with E-state index in [0.717, 1.165) is 44.3 Å². The van der Waals surface area contributed by atoms with Crippen LogP contribution in [0.3, 0.4) is 0 Å². The van der Waals surface area contributed by atoms with Gasteiger partial charge in [-0.15, -0.1) is 0 Å². The summed E-state index contributed by atoms with van der Waals surface area (Å²) in [7, 11) is 0. The molecule has 0 saturated carbocycles. The number of ketones is 1. The highest BCUT2D eigenvalue weighted by Crippen LogP contribution is 2.41. The smallest absolute Gasteiger partial charge is 0.194 e. The third-order valence-electron chi connectivity index (χ3n) is 5.13. The summed E-state index contributed by atoms with van der Waals surface area (Å²) in [5.74, 6) is 0.110. The Labute approximate surface area is 152 Å². The zero-order valence-corrected chi connectivity index (χ0v) is 14.7. The molecule has 26 heavy (non-hydrogen) atoms. The molecule has 2 nitrogen and oxygen atoms in total. The van der Waals surface area contributed by atoms with Gasteiger partial charge in [0.1, 0.15) is 0 Å². The molecule has 1 aliphatic carbocycles. The average Bonchev–Trinajstić information content (AvgIpc) is 2.94. The maximum Gasteiger partial charge on any atom is 0.194 e. The Bertz CT molecular complexity index is 1200. The monoisotopic (exact) mass is 335 g/mol. The second-order valence-electron chi connectivity index (χ2n) is 6.99. The van der Waals surface area contributed by atoms with Gasteiger partial charge in [0.05, 0.1) is 5.69 Å². The maximum atomic E-state index is 13.0. The highest BCUT2D eigenvalue weighted by molar-refractivity contribution is 6.28. The van der Waals surface area contributed by atoms with Gasteiger partial charge in [-0.25, -0.2) is 0 Å². The summed E-state index contributed by atoms with van der Waals surface area (Å²) < 4.78 is 0. The molecule has 1 heterocycles. The Balaban J connectivity index is 1.83. The molecule has 0 bridgehead atoms. The van der Waals surface area contributed by atoms with Crippen LogP contribution in [0.1, 0.15) is 27.0 Å². The van der Waals surface area contributed by atoms with Crippen molar-refractivity contribution in [3.8, 4) is 22.4 Å². The van der Waals surface area contributed by atoms with Gasteiger partial charge in [-0.05, 0) is 48.6 Å². The van der Waals surface area contributed by atoms with Gasteiger partial charge < -0.3 is 0 Å². The fourth-order valence-corrected chi connectivity index (χ4v) is 4.12. The second kappa shape index (κ2) is 5.37. The van der Waals surface area contributed by atoms with E-state index in [2.05, 4.69) is 49.2 Å². The van der Waals surface area contributed by atoms with Gasteiger partial charge in [-0.1, -0.05) is 53.6 Å². The fraction of sp³-hybridized carbons (Fsp3) is 0.0833. The van der Waals surface area contributed by atoms with E-state index < -0.39 is 0 Å². The largest absolute Gasteiger partial charge is 0.289 e. The molecule has 0 aliphatic heterocycles. The van der Waals surface area contributed by atoms with Gasteiger partial charge in [0.25, 0.3) is 0 Å². The van der Waals surface area contributed by atoms with Crippen molar-refractivity contribution in [2.75, 3.05) is 0 Å². The molecule has 0 amide bonds. The zero-order valence-electron chi connectivity index (χ0n) is 14.7. The highest BCUT2D eigenvalue weighted by atomic mass is 16.1. The highest BCUT2D eigenvalue weighted by Gasteiger charge is 2.28. The summed E-state index contributed by atoms with van der Waals surface area (Å²) in [6.07, 6.45) is 1.81. The predicted octanol–water partition coefficient (Wildman–Crippen LogP) is 5.73. The Morgan fingerprint density at radius 3 is 2.23 bits per heavy atom. The third kappa shape index (κ3) is 2.05. The molecule has 1 aromatic heterocycles. The van der Waals surface area contributed by atoms with Crippen molar-refractivity contribution in [3.05, 3.63) is 89.1 Å². The molecule has 0 atom stereocenters. The number of fused-ring (bicyclic) bond motifs is 5. The van der Waals surface area contributed by atoms with E-state index in [4.69, 9.17) is 0 Å². The number of hydrogen-bond donors (Lipinski definition) is 0. The van der Waals surface area contributed by atoms with E-state index >= 15 is 0 Å². The van der Waals surface area contributed by atoms with E-state index in [-0.39, 0.29) is 5.78 Å². The second-order valence-corrected chi connectivity index (χ2v) is 6.99. The van der Waals surface area contributed by atoms with E-state index in [0.29, 0.717) is 0 Å². The quantitative estimate of drug-likeness (QED) is 0.391. The summed E-state index contributed by atoms with van der Waals surface area (Å²) in [6.45, 7) is 4.19. The fourth-order valence-electron chi connectivity index (χ4n) is 4.12. The first-order valence-corrected chi connectivity index (χ1v) is 8.78. The number of hydrogen-bond acceptors (Lipinski definition) is 2. The first-order chi connectivity index (χ1) is 12.6. The molecular weight excluding hydrogens is 318 g/mol. The summed E-state index contributed by atoms with van der Waals surface area (Å²) in [5, 5.41) is 2.00. The molecular formula is C24H17NO. The Kier molecular flexibility index (Phi) is 3.10. The molecule has 5 rings (SSSR count). The van der Waals surface area contributed by atoms with Crippen molar-refractivity contribution in [2.45, 2.75) is 13.8 Å². The van der Waals surface area contributed by atoms with Gasteiger partial charge >= 0.3 is 0 Å². The molecule has 124 valence electrons. The van der Waals surface area contributed by atoms with Gasteiger partial charge in [-0.3, -0.25) is 9.78 Å². The van der Waals surface area contributed by atoms with Crippen LogP contribution in [0, 0.1) is 13.8 Å². The topological polar surface area (TPSA) is 30.0 Å². The van der Waals surface area contributed by atoms with Crippen LogP contribution in [0.5, 0.6) is 0 Å². The number of carbonyl (C=O) groups excluding carboxylic acids is 1. The van der Waals surface area contributed by atoms with Crippen molar-refractivity contribution < 1.29 is 4.79 Å². The lowest BCUT2D eigenvalue weighted by Gasteiger charge is -2.11. The van der Waals surface area contributed by atoms with Gasteiger partial charge in [0.2, 0.25) is 0 Å². The van der Waals surface area contributed by atoms with Crippen LogP contribution in [0.25, 0.3) is 33.2 Å². The third-order valence-corrected chi connectivity index (χ3v) is 5.13. The number of nitrogens with zero attached hydrogens (tertiary/aromatic N) is 1. The summed E-state index contributed by atoms with van der Waals surface area (Å²) >= 11 is 0. The number of aryl methyl sites for hydroxylation is 2. The lowest BCUT2D eigenvalue weighted by atomic mass is 9.95. The SMILES string of the molecule is Cc1cc(C)cc(-c2nccc3c4c(ccc23)-c2ccccc2C4=O)c1. The van der Waals surface area contributed by atoms with Crippen molar-refractivity contribution in [2.24, 2.45) is 0 Å². The van der Waals surface area contributed by atoms with Gasteiger partial charge in [0, 0.05) is 28.3 Å². The van der Waals surface area contributed by atoms with Crippen LogP contribution >= 0.6 is 0 Å². The van der Waals surface area contributed by atoms with Crippen LogP contribution in [0.2, 0.25) is 0 Å². The Morgan fingerprint density at radius 2 is 1.46 bits per heavy atom. The van der Waals surface area contributed by atoms with Crippen LogP contribution < -0.4 is 0 Å². The Hall–Kier alpha value is -3.26. The molecule has 0 saturated heterocycles. The molecule has 0 fully saturated rings. The van der Waals surface area contributed by atoms with Crippen LogP contribution in [0.4, 0.5) is 0 Å². The van der Waals surface area contributed by atoms with Crippen molar-refractivity contribution >= 4 is 16.6 Å². The summed E-state index contributed by atoms with van der Waals surface area (Å²) in [4.78, 5) is 17.7.